The van der Waals surface area contributed by atoms with Crippen LogP contribution in [0.2, 0.25) is 18.1 Å². The average molecular weight is 1170 g/mol. The Morgan fingerprint density at radius 3 is 2.23 bits per heavy atom. The fourth-order valence-electron chi connectivity index (χ4n) is 13.2. The van der Waals surface area contributed by atoms with Crippen molar-refractivity contribution < 1.29 is 60.3 Å². The van der Waals surface area contributed by atoms with Crippen LogP contribution >= 0.6 is 15.9 Å². The van der Waals surface area contributed by atoms with E-state index in [0.717, 1.165) is 31.3 Å². The van der Waals surface area contributed by atoms with Gasteiger partial charge >= 0.3 is 5.97 Å². The lowest BCUT2D eigenvalue weighted by Gasteiger charge is -2.47. The largest absolute Gasteiger partial charge is 0.458 e. The normalized spacial score (nSPS) is 36.0. The van der Waals surface area contributed by atoms with Crippen molar-refractivity contribution in [2.24, 2.45) is 23.7 Å². The zero-order valence-corrected chi connectivity index (χ0v) is 50.5. The molecule has 10 rings (SSSR count). The number of ketones is 1. The molecule has 426 valence electrons. The molecule has 2 aromatic carbocycles. The van der Waals surface area contributed by atoms with Gasteiger partial charge in [-0.2, -0.15) is 0 Å². The minimum absolute atomic E-state index is 0.0475. The first-order chi connectivity index (χ1) is 36.5. The minimum Gasteiger partial charge on any atom is -0.458 e. The highest BCUT2D eigenvalue weighted by atomic mass is 79.9. The maximum atomic E-state index is 15.7. The van der Waals surface area contributed by atoms with E-state index in [1.165, 1.54) is 0 Å². The molecular weight excluding hydrogens is 1080 g/mol. The second-order valence-electron chi connectivity index (χ2n) is 25.4. The lowest BCUT2D eigenvalue weighted by atomic mass is 9.78. The number of unbranched alkanes of at least 4 members (excludes halogenated alkanes) is 1. The molecule has 77 heavy (non-hydrogen) atoms. The van der Waals surface area contributed by atoms with E-state index < -0.39 is 83.5 Å². The van der Waals surface area contributed by atoms with Crippen molar-refractivity contribution >= 4 is 45.8 Å². The molecule has 6 bridgehead atoms. The third-order valence-corrected chi connectivity index (χ3v) is 25.6. The summed E-state index contributed by atoms with van der Waals surface area (Å²) >= 11 is 3.49. The van der Waals surface area contributed by atoms with Gasteiger partial charge in [0.25, 0.3) is 0 Å². The molecule has 8 aliphatic heterocycles. The maximum absolute atomic E-state index is 15.7. The van der Waals surface area contributed by atoms with Gasteiger partial charge in [-0.15, -0.1) is 0 Å². The molecule has 19 atom stereocenters. The standard InChI is InChI=1S/C61H87BrO13SSi/c1-12-13-22-42-30-37(3)39(5)49(68-42)33-50-52(40(6)48(71-50)29-36(2)35-67-77(10,11)60(7,8)9)58(76(65,66)45-23-18-15-19-24-45)46(63)32-43-25-26-47-53(69-43)57-56-55(72-47)54-51(73-56)34-61(74-54,75-57)28-27-44(31-38(4)62)70-59(64)41-20-16-14-17-21-41/h14-21,23-24,36-37,40,42-44,47-58H,4-5,12-13,22,25-35H2,1-3,6-11H3/t36-,37+,40-,42-,43+,44+,47-,48+,49+,50?,51+,52+,53-,54?,55-,56+,57-,58?,61-/m0/s1. The lowest BCUT2D eigenvalue weighted by Crippen LogP contribution is -2.62. The Morgan fingerprint density at radius 1 is 0.870 bits per heavy atom. The zero-order valence-electron chi connectivity index (χ0n) is 47.1. The van der Waals surface area contributed by atoms with Gasteiger partial charge in [0.1, 0.15) is 41.9 Å². The highest BCUT2D eigenvalue weighted by molar-refractivity contribution is 9.11. The Labute approximate surface area is 468 Å². The number of sulfone groups is 1. The van der Waals surface area contributed by atoms with E-state index in [9.17, 15) is 4.79 Å². The topological polar surface area (TPSA) is 151 Å². The third-order valence-electron chi connectivity index (χ3n) is 18.6. The number of hydrogen-bond donors (Lipinski definition) is 0. The van der Waals surface area contributed by atoms with Gasteiger partial charge in [-0.05, 0) is 109 Å². The average Bonchev–Trinajstić information content (AvgIpc) is 3.99. The van der Waals surface area contributed by atoms with Crippen LogP contribution in [-0.2, 0) is 57.0 Å². The van der Waals surface area contributed by atoms with Crippen molar-refractivity contribution in [1.82, 2.24) is 0 Å². The van der Waals surface area contributed by atoms with Crippen LogP contribution in [-0.4, -0.2) is 125 Å². The minimum atomic E-state index is -4.28. The van der Waals surface area contributed by atoms with Gasteiger partial charge in [-0.25, -0.2) is 13.2 Å². The van der Waals surface area contributed by atoms with Gasteiger partial charge in [-0.3, -0.25) is 4.79 Å². The van der Waals surface area contributed by atoms with Crippen LogP contribution in [0.3, 0.4) is 0 Å². The summed E-state index contributed by atoms with van der Waals surface area (Å²) < 4.78 is 93.0. The molecule has 0 spiro atoms. The number of fused-ring (bicyclic) bond motifs is 1. The molecule has 8 fully saturated rings. The first-order valence-electron chi connectivity index (χ1n) is 28.8. The number of carbonyl (C=O) groups is 2. The number of carbonyl (C=O) groups excluding carboxylic acids is 2. The van der Waals surface area contributed by atoms with E-state index in [4.69, 9.17) is 42.3 Å². The second-order valence-corrected chi connectivity index (χ2v) is 33.4. The van der Waals surface area contributed by atoms with Gasteiger partial charge < -0.3 is 42.3 Å². The quantitative estimate of drug-likeness (QED) is 0.0590. The van der Waals surface area contributed by atoms with E-state index in [1.807, 2.05) is 6.07 Å². The molecule has 0 saturated carbocycles. The van der Waals surface area contributed by atoms with Crippen LogP contribution in [0, 0.1) is 23.7 Å². The van der Waals surface area contributed by atoms with Crippen LogP contribution in [0.4, 0.5) is 0 Å². The Kier molecular flexibility index (Phi) is 18.5. The molecular formula is C61H87BrO13SSi. The summed E-state index contributed by atoms with van der Waals surface area (Å²) in [5.74, 6) is -2.54. The summed E-state index contributed by atoms with van der Waals surface area (Å²) in [6.45, 7) is 29.0. The van der Waals surface area contributed by atoms with Crippen molar-refractivity contribution in [2.75, 3.05) is 6.61 Å². The molecule has 0 radical (unpaired) electrons. The number of halogens is 1. The summed E-state index contributed by atoms with van der Waals surface area (Å²) in [7, 11) is -6.34. The van der Waals surface area contributed by atoms with Crippen LogP contribution < -0.4 is 0 Å². The fraction of sp³-hybridized carbons (Fsp3) is 0.705. The molecule has 8 saturated heterocycles. The molecule has 16 heteroatoms. The Balaban J connectivity index is 0.968. The number of Topliss-reactive ketones (excluding diaryl/α,β-unsaturated/α-hetero) is 1. The molecule has 13 nitrogen and oxygen atoms in total. The monoisotopic (exact) mass is 1170 g/mol. The highest BCUT2D eigenvalue weighted by Crippen LogP contribution is 2.55. The van der Waals surface area contributed by atoms with Crippen LogP contribution in [0.1, 0.15) is 142 Å². The zero-order chi connectivity index (χ0) is 55.2. The summed E-state index contributed by atoms with van der Waals surface area (Å²) in [6, 6.07) is 17.3. The van der Waals surface area contributed by atoms with Crippen molar-refractivity contribution in [3.8, 4) is 0 Å². The highest BCUT2D eigenvalue weighted by Gasteiger charge is 2.69. The Bertz CT molecular complexity index is 2510. The molecule has 3 unspecified atom stereocenters. The number of ether oxygens (including phenoxy) is 8. The third kappa shape index (κ3) is 12.9. The molecule has 0 aromatic heterocycles. The number of rotatable bonds is 23. The summed E-state index contributed by atoms with van der Waals surface area (Å²) in [4.78, 5) is 29.0. The SMILES string of the molecule is C=C(Br)C[C@@H](CC[C@@]12C[C@H]3O[C@H]4[C@@H](O1)[C@H]1O[C@@H](CC(=O)C([C@H]5C(C[C@H]6O[C@@H](CCCC)C[C@@H](C)C6=C)O[C@H](C[C@H](C)CO[Si](C)(C)C(C)(C)C)[C@@H]5C)S(=O)(=O)c5ccccc5)CC[C@@H]1O[C@H]4C3O2)OC(=O)c1ccccc1. The van der Waals surface area contributed by atoms with Crippen molar-refractivity contribution in [2.45, 2.75) is 245 Å². The number of hydrogen-bond acceptors (Lipinski definition) is 13. The van der Waals surface area contributed by atoms with E-state index in [1.54, 1.807) is 54.6 Å². The Morgan fingerprint density at radius 2 is 1.55 bits per heavy atom. The molecule has 0 N–H and O–H groups in total. The van der Waals surface area contributed by atoms with Gasteiger partial charge in [0.2, 0.25) is 0 Å². The maximum Gasteiger partial charge on any atom is 0.338 e. The number of esters is 1. The number of benzene rings is 2. The van der Waals surface area contributed by atoms with Crippen molar-refractivity contribution in [1.29, 1.82) is 0 Å². The molecule has 0 amide bonds. The molecule has 8 aliphatic rings. The summed E-state index contributed by atoms with van der Waals surface area (Å²) in [5.41, 5.74) is 1.45. The first kappa shape index (κ1) is 59.0. The van der Waals surface area contributed by atoms with Gasteiger partial charge in [0.15, 0.2) is 29.7 Å². The predicted molar refractivity (Wildman–Crippen MR) is 301 cm³/mol. The van der Waals surface area contributed by atoms with Gasteiger partial charge in [0, 0.05) is 44.6 Å². The molecule has 8 heterocycles. The van der Waals surface area contributed by atoms with E-state index in [-0.39, 0.29) is 76.8 Å². The van der Waals surface area contributed by atoms with Crippen LogP contribution in [0.5, 0.6) is 0 Å². The van der Waals surface area contributed by atoms with E-state index >= 15 is 13.2 Å². The Hall–Kier alpha value is -2.61. The van der Waals surface area contributed by atoms with Crippen LogP contribution in [0.15, 0.2) is 88.8 Å². The molecule has 2 aromatic rings. The summed E-state index contributed by atoms with van der Waals surface area (Å²) in [5, 5.41) is -1.38. The van der Waals surface area contributed by atoms with Crippen molar-refractivity contribution in [3.05, 3.63) is 89.4 Å². The fourth-order valence-corrected chi connectivity index (χ4v) is 16.8. The predicted octanol–water partition coefficient (Wildman–Crippen LogP) is 12.1. The van der Waals surface area contributed by atoms with E-state index in [0.29, 0.717) is 68.0 Å². The van der Waals surface area contributed by atoms with Gasteiger partial charge in [-0.1, -0.05) is 127 Å². The second kappa shape index (κ2) is 24.1. The lowest BCUT2D eigenvalue weighted by molar-refractivity contribution is -0.292. The van der Waals surface area contributed by atoms with Crippen molar-refractivity contribution in [3.63, 3.8) is 0 Å². The first-order valence-corrected chi connectivity index (χ1v) is 34.1. The van der Waals surface area contributed by atoms with Crippen LogP contribution in [0.25, 0.3) is 0 Å². The smallest absolute Gasteiger partial charge is 0.338 e. The molecule has 0 aliphatic carbocycles. The van der Waals surface area contributed by atoms with Gasteiger partial charge in [0.05, 0.1) is 53.2 Å². The summed E-state index contributed by atoms with van der Waals surface area (Å²) in [6.07, 6.45) is 2.32. The van der Waals surface area contributed by atoms with E-state index in [2.05, 4.69) is 90.6 Å².